The van der Waals surface area contributed by atoms with Crippen LogP contribution < -0.4 is 10.2 Å². The second kappa shape index (κ2) is 7.48. The van der Waals surface area contributed by atoms with Crippen LogP contribution in [-0.4, -0.2) is 35.0 Å². The number of nitrogens with zero attached hydrogens (tertiary/aromatic N) is 1. The highest BCUT2D eigenvalue weighted by Crippen LogP contribution is 2.31. The molecule has 1 aromatic carbocycles. The molecule has 3 rings (SSSR count). The largest absolute Gasteiger partial charge is 0.480 e. The van der Waals surface area contributed by atoms with E-state index in [4.69, 9.17) is 0 Å². The van der Waals surface area contributed by atoms with E-state index in [1.165, 1.54) is 0 Å². The van der Waals surface area contributed by atoms with E-state index >= 15 is 0 Å². The third kappa shape index (κ3) is 3.45. The van der Waals surface area contributed by atoms with Crippen LogP contribution in [0.1, 0.15) is 51.0 Å². The van der Waals surface area contributed by atoms with Crippen molar-refractivity contribution < 1.29 is 19.5 Å². The number of carbonyl (C=O) groups is 3. The Morgan fingerprint density at radius 2 is 1.92 bits per heavy atom. The normalized spacial score (nSPS) is 22.3. The SMILES string of the molecule is CCc1ccccc1N1CC(C(=O)NC2(C(=O)O)CCCCC2)CC1=O. The van der Waals surface area contributed by atoms with E-state index in [2.05, 4.69) is 5.32 Å². The first-order valence-corrected chi connectivity index (χ1v) is 9.40. The van der Waals surface area contributed by atoms with Gasteiger partial charge in [-0.3, -0.25) is 9.59 Å². The van der Waals surface area contributed by atoms with Crippen molar-refractivity contribution in [2.24, 2.45) is 5.92 Å². The van der Waals surface area contributed by atoms with Crippen molar-refractivity contribution in [3.8, 4) is 0 Å². The van der Waals surface area contributed by atoms with Crippen molar-refractivity contribution in [2.45, 2.75) is 57.4 Å². The summed E-state index contributed by atoms with van der Waals surface area (Å²) in [5.41, 5.74) is 0.741. The van der Waals surface area contributed by atoms with Crippen molar-refractivity contribution in [1.29, 1.82) is 0 Å². The zero-order valence-corrected chi connectivity index (χ0v) is 15.2. The van der Waals surface area contributed by atoms with Crippen LogP contribution in [0.25, 0.3) is 0 Å². The molecule has 140 valence electrons. The van der Waals surface area contributed by atoms with Crippen LogP contribution in [0.5, 0.6) is 0 Å². The van der Waals surface area contributed by atoms with Crippen LogP contribution in [0, 0.1) is 5.92 Å². The Kier molecular flexibility index (Phi) is 5.30. The van der Waals surface area contributed by atoms with Gasteiger partial charge in [-0.25, -0.2) is 4.79 Å². The van der Waals surface area contributed by atoms with E-state index in [1.807, 2.05) is 31.2 Å². The number of aliphatic carboxylic acids is 1. The maximum absolute atomic E-state index is 12.7. The van der Waals surface area contributed by atoms with E-state index in [9.17, 15) is 19.5 Å². The topological polar surface area (TPSA) is 86.7 Å². The molecule has 1 aliphatic heterocycles. The molecule has 2 aliphatic rings. The summed E-state index contributed by atoms with van der Waals surface area (Å²) in [5.74, 6) is -1.88. The van der Waals surface area contributed by atoms with Gasteiger partial charge in [0.1, 0.15) is 5.54 Å². The third-order valence-electron chi connectivity index (χ3n) is 5.64. The van der Waals surface area contributed by atoms with Crippen molar-refractivity contribution in [1.82, 2.24) is 5.32 Å². The average Bonchev–Trinajstić information content (AvgIpc) is 3.04. The minimum atomic E-state index is -1.17. The molecule has 1 unspecified atom stereocenters. The maximum atomic E-state index is 12.7. The summed E-state index contributed by atoms with van der Waals surface area (Å²) < 4.78 is 0. The Balaban J connectivity index is 1.73. The van der Waals surface area contributed by atoms with E-state index < -0.39 is 17.4 Å². The lowest BCUT2D eigenvalue weighted by Crippen LogP contribution is -2.57. The summed E-state index contributed by atoms with van der Waals surface area (Å²) >= 11 is 0. The molecule has 0 aromatic heterocycles. The minimum Gasteiger partial charge on any atom is -0.480 e. The van der Waals surface area contributed by atoms with Crippen molar-refractivity contribution in [3.05, 3.63) is 29.8 Å². The van der Waals surface area contributed by atoms with Gasteiger partial charge in [-0.05, 0) is 30.9 Å². The number of hydrogen-bond donors (Lipinski definition) is 2. The van der Waals surface area contributed by atoms with Gasteiger partial charge in [0.25, 0.3) is 0 Å². The minimum absolute atomic E-state index is 0.0842. The Morgan fingerprint density at radius 1 is 1.23 bits per heavy atom. The molecule has 1 saturated carbocycles. The Hall–Kier alpha value is -2.37. The molecule has 2 amide bonds. The molecule has 1 saturated heterocycles. The molecule has 2 N–H and O–H groups in total. The molecule has 1 aromatic rings. The van der Waals surface area contributed by atoms with E-state index in [-0.39, 0.29) is 18.2 Å². The summed E-state index contributed by atoms with van der Waals surface area (Å²) in [7, 11) is 0. The third-order valence-corrected chi connectivity index (χ3v) is 5.64. The first kappa shape index (κ1) is 18.4. The Morgan fingerprint density at radius 3 is 2.58 bits per heavy atom. The summed E-state index contributed by atoms with van der Waals surface area (Å²) in [6.45, 7) is 2.33. The van der Waals surface area contributed by atoms with Crippen LogP contribution in [0.2, 0.25) is 0 Å². The van der Waals surface area contributed by atoms with E-state index in [0.29, 0.717) is 19.4 Å². The standard InChI is InChI=1S/C20H26N2O4/c1-2-14-8-4-5-9-16(14)22-13-15(12-17(22)23)18(24)21-20(19(25)26)10-6-3-7-11-20/h4-5,8-9,15H,2-3,6-7,10-13H2,1H3,(H,21,24)(H,25,26). The van der Waals surface area contributed by atoms with E-state index in [1.54, 1.807) is 4.90 Å². The predicted molar refractivity (Wildman–Crippen MR) is 97.9 cm³/mol. The number of anilines is 1. The summed E-state index contributed by atoms with van der Waals surface area (Å²) in [4.78, 5) is 38.7. The van der Waals surface area contributed by atoms with Gasteiger partial charge in [-0.1, -0.05) is 44.4 Å². The van der Waals surface area contributed by atoms with Gasteiger partial charge in [0.15, 0.2) is 0 Å². The van der Waals surface area contributed by atoms with Gasteiger partial charge >= 0.3 is 5.97 Å². The summed E-state index contributed by atoms with van der Waals surface area (Å²) in [6, 6.07) is 7.71. The fourth-order valence-electron chi connectivity index (χ4n) is 4.07. The number of amides is 2. The van der Waals surface area contributed by atoms with Crippen molar-refractivity contribution in [3.63, 3.8) is 0 Å². The molecule has 0 radical (unpaired) electrons. The van der Waals surface area contributed by atoms with Gasteiger partial charge in [0.2, 0.25) is 11.8 Å². The highest BCUT2D eigenvalue weighted by Gasteiger charge is 2.44. The van der Waals surface area contributed by atoms with Crippen LogP contribution in [0.15, 0.2) is 24.3 Å². The fraction of sp³-hybridized carbons (Fsp3) is 0.550. The second-order valence-corrected chi connectivity index (χ2v) is 7.32. The predicted octanol–water partition coefficient (Wildman–Crippen LogP) is 2.51. The molecule has 1 heterocycles. The lowest BCUT2D eigenvalue weighted by Gasteiger charge is -2.34. The first-order chi connectivity index (χ1) is 12.5. The number of aryl methyl sites for hydroxylation is 1. The van der Waals surface area contributed by atoms with Gasteiger partial charge in [0, 0.05) is 18.7 Å². The summed E-state index contributed by atoms with van der Waals surface area (Å²) in [5, 5.41) is 12.4. The number of nitrogens with one attached hydrogen (secondary N) is 1. The lowest BCUT2D eigenvalue weighted by molar-refractivity contribution is -0.149. The number of carbonyl (C=O) groups excluding carboxylic acids is 2. The lowest BCUT2D eigenvalue weighted by atomic mass is 9.81. The molecule has 6 heteroatoms. The monoisotopic (exact) mass is 358 g/mol. The number of rotatable bonds is 5. The molecule has 6 nitrogen and oxygen atoms in total. The van der Waals surface area contributed by atoms with Crippen LogP contribution in [0.3, 0.4) is 0 Å². The number of carboxylic acids is 1. The van der Waals surface area contributed by atoms with Gasteiger partial charge in [0.05, 0.1) is 5.92 Å². The first-order valence-electron chi connectivity index (χ1n) is 9.40. The molecule has 2 fully saturated rings. The molecule has 0 bridgehead atoms. The van der Waals surface area contributed by atoms with Crippen LogP contribution in [0.4, 0.5) is 5.69 Å². The number of hydrogen-bond acceptors (Lipinski definition) is 3. The average molecular weight is 358 g/mol. The van der Waals surface area contributed by atoms with Gasteiger partial charge in [-0.2, -0.15) is 0 Å². The van der Waals surface area contributed by atoms with Crippen LogP contribution in [-0.2, 0) is 20.8 Å². The zero-order chi connectivity index (χ0) is 18.7. The molecular formula is C20H26N2O4. The highest BCUT2D eigenvalue weighted by molar-refractivity contribution is 6.01. The molecular weight excluding hydrogens is 332 g/mol. The quantitative estimate of drug-likeness (QED) is 0.847. The number of carboxylic acid groups (broad SMARTS) is 1. The summed E-state index contributed by atoms with van der Waals surface area (Å²) in [6.07, 6.45) is 4.43. The molecule has 1 atom stereocenters. The number of benzene rings is 1. The molecule has 26 heavy (non-hydrogen) atoms. The zero-order valence-electron chi connectivity index (χ0n) is 15.2. The van der Waals surface area contributed by atoms with Gasteiger partial charge < -0.3 is 15.3 Å². The fourth-order valence-corrected chi connectivity index (χ4v) is 4.07. The second-order valence-electron chi connectivity index (χ2n) is 7.32. The molecule has 1 aliphatic carbocycles. The maximum Gasteiger partial charge on any atom is 0.329 e. The van der Waals surface area contributed by atoms with Crippen molar-refractivity contribution in [2.75, 3.05) is 11.4 Å². The number of para-hydroxylation sites is 1. The Labute approximate surface area is 153 Å². The highest BCUT2D eigenvalue weighted by atomic mass is 16.4. The Bertz CT molecular complexity index is 710. The van der Waals surface area contributed by atoms with Gasteiger partial charge in [-0.15, -0.1) is 0 Å². The van der Waals surface area contributed by atoms with Crippen molar-refractivity contribution >= 4 is 23.5 Å². The van der Waals surface area contributed by atoms with E-state index in [0.717, 1.165) is 36.9 Å². The van der Waals surface area contributed by atoms with Crippen LogP contribution >= 0.6 is 0 Å². The smallest absolute Gasteiger partial charge is 0.329 e. The molecule has 0 spiro atoms.